The van der Waals surface area contributed by atoms with Crippen LogP contribution in [0.25, 0.3) is 10.6 Å². The number of methoxy groups -OCH3 is 1. The van der Waals surface area contributed by atoms with E-state index in [0.717, 1.165) is 22.0 Å². The number of rotatable bonds is 9. The Morgan fingerprint density at radius 2 is 2.03 bits per heavy atom. The van der Waals surface area contributed by atoms with Gasteiger partial charge in [0.15, 0.2) is 0 Å². The number of thioether (sulfide) groups is 1. The van der Waals surface area contributed by atoms with Crippen molar-refractivity contribution in [2.75, 3.05) is 24.8 Å². The minimum atomic E-state index is -0.113. The van der Waals surface area contributed by atoms with Gasteiger partial charge < -0.3 is 14.8 Å². The van der Waals surface area contributed by atoms with Crippen molar-refractivity contribution in [2.45, 2.75) is 12.7 Å². The molecule has 5 nitrogen and oxygen atoms in total. The smallest absolute Gasteiger partial charge is 0.234 e. The van der Waals surface area contributed by atoms with Gasteiger partial charge in [-0.1, -0.05) is 11.6 Å². The van der Waals surface area contributed by atoms with Crippen molar-refractivity contribution in [3.05, 3.63) is 58.6 Å². The Balaban J connectivity index is 1.51. The fourth-order valence-electron chi connectivity index (χ4n) is 2.58. The van der Waals surface area contributed by atoms with E-state index in [1.807, 2.05) is 36.6 Å². The summed E-state index contributed by atoms with van der Waals surface area (Å²) in [6.07, 6.45) is 0. The highest BCUT2D eigenvalue weighted by Gasteiger charge is 2.10. The Labute approximate surface area is 183 Å². The zero-order chi connectivity index (χ0) is 20.6. The normalized spacial score (nSPS) is 10.6. The van der Waals surface area contributed by atoms with Gasteiger partial charge in [-0.15, -0.1) is 23.1 Å². The Morgan fingerprint density at radius 3 is 2.76 bits per heavy atom. The zero-order valence-corrected chi connectivity index (χ0v) is 18.5. The first-order chi connectivity index (χ1) is 14.1. The van der Waals surface area contributed by atoms with Gasteiger partial charge >= 0.3 is 0 Å². The largest absolute Gasteiger partial charge is 0.495 e. The lowest BCUT2D eigenvalue weighted by Crippen LogP contribution is -2.14. The molecule has 0 aliphatic carbocycles. The van der Waals surface area contributed by atoms with Crippen LogP contribution >= 0.6 is 34.7 Å². The fraction of sp³-hybridized carbons (Fsp3) is 0.238. The highest BCUT2D eigenvalue weighted by Crippen LogP contribution is 2.29. The molecule has 0 aliphatic heterocycles. The molecule has 1 heterocycles. The molecule has 0 atom stereocenters. The summed E-state index contributed by atoms with van der Waals surface area (Å²) < 4.78 is 10.7. The number of nitrogens with one attached hydrogen (secondary N) is 1. The molecule has 0 radical (unpaired) electrons. The van der Waals surface area contributed by atoms with Crippen LogP contribution < -0.4 is 14.8 Å². The van der Waals surface area contributed by atoms with Crippen molar-refractivity contribution in [1.82, 2.24) is 4.98 Å². The molecule has 0 aliphatic rings. The Morgan fingerprint density at radius 1 is 1.24 bits per heavy atom. The predicted octanol–water partition coefficient (Wildman–Crippen LogP) is 5.74. The van der Waals surface area contributed by atoms with Crippen LogP contribution in [0.3, 0.4) is 0 Å². The maximum atomic E-state index is 12.2. The third-order valence-electron chi connectivity index (χ3n) is 3.88. The standard InChI is InChI=1S/C21H21ClN2O3S2/c1-3-27-17-7-4-14(5-8-17)21-23-16(12-29-21)11-28-13-20(25)24-18-10-15(22)6-9-19(18)26-2/h4-10,12H,3,11,13H2,1-2H3,(H,24,25). The number of aromatic nitrogens is 1. The number of benzene rings is 2. The summed E-state index contributed by atoms with van der Waals surface area (Å²) in [5.74, 6) is 2.29. The van der Waals surface area contributed by atoms with Crippen LogP contribution in [0.5, 0.6) is 11.5 Å². The number of halogens is 1. The molecular formula is C21H21ClN2O3S2. The first-order valence-electron chi connectivity index (χ1n) is 8.97. The van der Waals surface area contributed by atoms with Crippen LogP contribution in [0, 0.1) is 0 Å². The Hall–Kier alpha value is -2.22. The van der Waals surface area contributed by atoms with Gasteiger partial charge in [0.2, 0.25) is 5.91 Å². The van der Waals surface area contributed by atoms with Gasteiger partial charge in [-0.2, -0.15) is 0 Å². The van der Waals surface area contributed by atoms with E-state index in [4.69, 9.17) is 21.1 Å². The lowest BCUT2D eigenvalue weighted by Gasteiger charge is -2.10. The van der Waals surface area contributed by atoms with Crippen molar-refractivity contribution in [3.63, 3.8) is 0 Å². The maximum absolute atomic E-state index is 12.2. The van der Waals surface area contributed by atoms with Gasteiger partial charge in [-0.25, -0.2) is 4.98 Å². The topological polar surface area (TPSA) is 60.5 Å². The maximum Gasteiger partial charge on any atom is 0.234 e. The molecule has 0 bridgehead atoms. The van der Waals surface area contributed by atoms with Gasteiger partial charge in [-0.3, -0.25) is 4.79 Å². The quantitative estimate of drug-likeness (QED) is 0.452. The summed E-state index contributed by atoms with van der Waals surface area (Å²) in [7, 11) is 1.55. The van der Waals surface area contributed by atoms with E-state index in [-0.39, 0.29) is 5.91 Å². The molecule has 1 aromatic heterocycles. The lowest BCUT2D eigenvalue weighted by atomic mass is 10.2. The van der Waals surface area contributed by atoms with Crippen molar-refractivity contribution in [1.29, 1.82) is 0 Å². The molecule has 1 amide bonds. The van der Waals surface area contributed by atoms with E-state index in [9.17, 15) is 4.79 Å². The summed E-state index contributed by atoms with van der Waals surface area (Å²) in [5, 5.41) is 6.36. The molecule has 3 aromatic rings. The number of hydrogen-bond acceptors (Lipinski definition) is 6. The van der Waals surface area contributed by atoms with E-state index in [0.29, 0.717) is 34.6 Å². The first kappa shape index (κ1) is 21.5. The molecule has 0 fully saturated rings. The van der Waals surface area contributed by atoms with Crippen LogP contribution in [-0.2, 0) is 10.5 Å². The minimum absolute atomic E-state index is 0.113. The number of carbonyl (C=O) groups is 1. The van der Waals surface area contributed by atoms with Crippen molar-refractivity contribution < 1.29 is 14.3 Å². The molecular weight excluding hydrogens is 428 g/mol. The number of carbonyl (C=O) groups excluding carboxylic acids is 1. The minimum Gasteiger partial charge on any atom is -0.495 e. The van der Waals surface area contributed by atoms with Crippen LogP contribution in [0.2, 0.25) is 5.02 Å². The van der Waals surface area contributed by atoms with E-state index in [1.165, 1.54) is 11.8 Å². The zero-order valence-electron chi connectivity index (χ0n) is 16.1. The summed E-state index contributed by atoms with van der Waals surface area (Å²) in [5.41, 5.74) is 2.58. The van der Waals surface area contributed by atoms with Gasteiger partial charge in [0.05, 0.1) is 30.9 Å². The molecule has 2 aromatic carbocycles. The van der Waals surface area contributed by atoms with Gasteiger partial charge in [-0.05, 0) is 49.4 Å². The predicted molar refractivity (Wildman–Crippen MR) is 122 cm³/mol. The fourth-order valence-corrected chi connectivity index (χ4v) is 4.40. The number of thiazole rings is 1. The molecule has 8 heteroatoms. The monoisotopic (exact) mass is 448 g/mol. The Bertz CT molecular complexity index is 961. The molecule has 29 heavy (non-hydrogen) atoms. The second kappa shape index (κ2) is 10.5. The molecule has 3 rings (SSSR count). The van der Waals surface area contributed by atoms with Gasteiger partial charge in [0.25, 0.3) is 0 Å². The molecule has 0 unspecified atom stereocenters. The van der Waals surface area contributed by atoms with Crippen LogP contribution in [-0.4, -0.2) is 30.4 Å². The Kier molecular flexibility index (Phi) is 7.80. The van der Waals surface area contributed by atoms with Crippen LogP contribution in [0.1, 0.15) is 12.6 Å². The molecule has 0 saturated carbocycles. The summed E-state index contributed by atoms with van der Waals surface area (Å²) in [6, 6.07) is 13.0. The van der Waals surface area contributed by atoms with E-state index in [2.05, 4.69) is 10.3 Å². The van der Waals surface area contributed by atoms with Gasteiger partial charge in [0, 0.05) is 21.7 Å². The van der Waals surface area contributed by atoms with Crippen molar-refractivity contribution in [3.8, 4) is 22.1 Å². The van der Waals surface area contributed by atoms with Gasteiger partial charge in [0.1, 0.15) is 16.5 Å². The van der Waals surface area contributed by atoms with E-state index < -0.39 is 0 Å². The number of ether oxygens (including phenoxy) is 2. The summed E-state index contributed by atoms with van der Waals surface area (Å²) in [6.45, 7) is 2.61. The van der Waals surface area contributed by atoms with E-state index in [1.54, 1.807) is 36.6 Å². The number of amides is 1. The highest BCUT2D eigenvalue weighted by atomic mass is 35.5. The first-order valence-corrected chi connectivity index (χ1v) is 11.4. The average Bonchev–Trinajstić information content (AvgIpc) is 3.18. The SMILES string of the molecule is CCOc1ccc(-c2nc(CSCC(=O)Nc3cc(Cl)ccc3OC)cs2)cc1. The molecule has 152 valence electrons. The average molecular weight is 449 g/mol. The molecule has 0 saturated heterocycles. The van der Waals surface area contributed by atoms with Crippen molar-refractivity contribution in [2.24, 2.45) is 0 Å². The number of nitrogens with zero attached hydrogens (tertiary/aromatic N) is 1. The molecule has 1 N–H and O–H groups in total. The van der Waals surface area contributed by atoms with Crippen molar-refractivity contribution >= 4 is 46.3 Å². The third kappa shape index (κ3) is 6.13. The third-order valence-corrected chi connectivity index (χ3v) is 6.02. The van der Waals surface area contributed by atoms with Crippen LogP contribution in [0.15, 0.2) is 47.8 Å². The number of anilines is 1. The highest BCUT2D eigenvalue weighted by molar-refractivity contribution is 7.99. The lowest BCUT2D eigenvalue weighted by molar-refractivity contribution is -0.113. The van der Waals surface area contributed by atoms with Crippen LogP contribution in [0.4, 0.5) is 5.69 Å². The number of hydrogen-bond donors (Lipinski definition) is 1. The molecule has 0 spiro atoms. The second-order valence-electron chi connectivity index (χ2n) is 5.99. The summed E-state index contributed by atoms with van der Waals surface area (Å²) >= 11 is 9.09. The second-order valence-corrected chi connectivity index (χ2v) is 8.27. The van der Waals surface area contributed by atoms with E-state index >= 15 is 0 Å². The summed E-state index contributed by atoms with van der Waals surface area (Å²) in [4.78, 5) is 16.9.